The molecule has 4 bridgehead atoms. The van der Waals surface area contributed by atoms with Crippen LogP contribution in [0.4, 0.5) is 5.82 Å². The minimum Gasteiger partial charge on any atom is -0.353 e. The lowest BCUT2D eigenvalue weighted by Gasteiger charge is -2.39. The SMILES string of the molecule is Cc1nc(CCN)cc(N2CC3C[C@@H]4CC2C[C@H](C3)C4)n1. The Bertz CT molecular complexity index is 516. The standard InChI is InChI=1S/C17H26N4/c1-11-19-15(2-3-18)9-17(20-11)21-10-14-5-12-4-13(6-14)8-16(21)7-12/h9,12-14,16H,2-8,10,18H2,1H3/t12-,13+,14?,16?. The predicted octanol–water partition coefficient (Wildman–Crippen LogP) is 2.30. The largest absolute Gasteiger partial charge is 0.353 e. The molecule has 3 heterocycles. The van der Waals surface area contributed by atoms with Crippen LogP contribution in [0.2, 0.25) is 0 Å². The number of aryl methyl sites for hydroxylation is 1. The van der Waals surface area contributed by atoms with Crippen LogP contribution in [0.5, 0.6) is 0 Å². The van der Waals surface area contributed by atoms with Crippen LogP contribution in [0.15, 0.2) is 6.07 Å². The van der Waals surface area contributed by atoms with E-state index in [0.29, 0.717) is 12.6 Å². The average molecular weight is 286 g/mol. The molecule has 0 amide bonds. The molecule has 21 heavy (non-hydrogen) atoms. The first-order valence-electron chi connectivity index (χ1n) is 8.52. The van der Waals surface area contributed by atoms with Crippen LogP contribution in [0, 0.1) is 24.7 Å². The third kappa shape index (κ3) is 2.54. The lowest BCUT2D eigenvalue weighted by atomic mass is 9.68. The maximum atomic E-state index is 5.70. The molecule has 4 heteroatoms. The van der Waals surface area contributed by atoms with E-state index in [4.69, 9.17) is 10.7 Å². The number of nitrogens with two attached hydrogens (primary N) is 1. The Morgan fingerprint density at radius 1 is 1.10 bits per heavy atom. The van der Waals surface area contributed by atoms with E-state index in [1.54, 1.807) is 0 Å². The first-order chi connectivity index (χ1) is 10.2. The Labute approximate surface area is 127 Å². The van der Waals surface area contributed by atoms with E-state index in [9.17, 15) is 0 Å². The van der Waals surface area contributed by atoms with Crippen molar-refractivity contribution >= 4 is 5.82 Å². The van der Waals surface area contributed by atoms with Crippen LogP contribution in [0.3, 0.4) is 0 Å². The van der Waals surface area contributed by atoms with Gasteiger partial charge in [-0.2, -0.15) is 0 Å². The monoisotopic (exact) mass is 286 g/mol. The number of hydrogen-bond acceptors (Lipinski definition) is 4. The first kappa shape index (κ1) is 13.5. The molecular weight excluding hydrogens is 260 g/mol. The molecule has 1 aromatic rings. The molecule has 4 atom stereocenters. The van der Waals surface area contributed by atoms with Crippen LogP contribution in [0.1, 0.15) is 43.6 Å². The zero-order valence-corrected chi connectivity index (χ0v) is 13.0. The lowest BCUT2D eigenvalue weighted by Crippen LogP contribution is -2.38. The molecule has 2 aliphatic heterocycles. The number of anilines is 1. The van der Waals surface area contributed by atoms with E-state index in [1.807, 2.05) is 6.92 Å². The van der Waals surface area contributed by atoms with Gasteiger partial charge < -0.3 is 10.6 Å². The van der Waals surface area contributed by atoms with E-state index in [0.717, 1.165) is 41.5 Å². The van der Waals surface area contributed by atoms with Crippen molar-refractivity contribution in [1.82, 2.24) is 9.97 Å². The molecule has 1 aromatic heterocycles. The van der Waals surface area contributed by atoms with Crippen molar-refractivity contribution in [2.75, 3.05) is 18.0 Å². The third-order valence-electron chi connectivity index (χ3n) is 5.68. The summed E-state index contributed by atoms with van der Waals surface area (Å²) in [5, 5.41) is 0. The third-order valence-corrected chi connectivity index (χ3v) is 5.68. The second-order valence-corrected chi connectivity index (χ2v) is 7.39. The van der Waals surface area contributed by atoms with Crippen LogP contribution in [0.25, 0.3) is 0 Å². The number of nitrogens with zero attached hydrogens (tertiary/aromatic N) is 3. The highest BCUT2D eigenvalue weighted by atomic mass is 15.2. The predicted molar refractivity (Wildman–Crippen MR) is 84.2 cm³/mol. The summed E-state index contributed by atoms with van der Waals surface area (Å²) < 4.78 is 0. The van der Waals surface area contributed by atoms with Gasteiger partial charge in [0, 0.05) is 30.8 Å². The Kier molecular flexibility index (Phi) is 3.37. The van der Waals surface area contributed by atoms with Gasteiger partial charge in [0.25, 0.3) is 0 Å². The summed E-state index contributed by atoms with van der Waals surface area (Å²) in [6, 6.07) is 2.90. The van der Waals surface area contributed by atoms with Gasteiger partial charge in [0.1, 0.15) is 11.6 Å². The van der Waals surface area contributed by atoms with Gasteiger partial charge in [-0.05, 0) is 63.3 Å². The summed E-state index contributed by atoms with van der Waals surface area (Å²) in [5.41, 5.74) is 6.80. The van der Waals surface area contributed by atoms with E-state index < -0.39 is 0 Å². The lowest BCUT2D eigenvalue weighted by molar-refractivity contribution is 0.157. The summed E-state index contributed by atoms with van der Waals surface area (Å²) in [7, 11) is 0. The van der Waals surface area contributed by atoms with E-state index >= 15 is 0 Å². The highest BCUT2D eigenvalue weighted by molar-refractivity contribution is 5.42. The maximum absolute atomic E-state index is 5.70. The van der Waals surface area contributed by atoms with Crippen molar-refractivity contribution in [2.24, 2.45) is 23.5 Å². The molecule has 2 unspecified atom stereocenters. The van der Waals surface area contributed by atoms with Crippen molar-refractivity contribution in [1.29, 1.82) is 0 Å². The molecule has 4 aliphatic rings. The molecule has 0 radical (unpaired) electrons. The van der Waals surface area contributed by atoms with E-state index in [-0.39, 0.29) is 0 Å². The zero-order chi connectivity index (χ0) is 14.4. The molecule has 114 valence electrons. The molecule has 2 saturated heterocycles. The first-order valence-corrected chi connectivity index (χ1v) is 8.52. The molecular formula is C17H26N4. The van der Waals surface area contributed by atoms with Gasteiger partial charge >= 0.3 is 0 Å². The molecule has 4 nitrogen and oxygen atoms in total. The quantitative estimate of drug-likeness (QED) is 0.926. The second kappa shape index (κ2) is 5.24. The molecule has 0 aromatic carbocycles. The van der Waals surface area contributed by atoms with Gasteiger partial charge in [-0.3, -0.25) is 0 Å². The van der Waals surface area contributed by atoms with Gasteiger partial charge in [0.15, 0.2) is 0 Å². The Morgan fingerprint density at radius 3 is 2.52 bits per heavy atom. The summed E-state index contributed by atoms with van der Waals surface area (Å²) >= 11 is 0. The number of aromatic nitrogens is 2. The van der Waals surface area contributed by atoms with Crippen molar-refractivity contribution in [3.8, 4) is 0 Å². The van der Waals surface area contributed by atoms with Gasteiger partial charge in [0.2, 0.25) is 0 Å². The minimum absolute atomic E-state index is 0.659. The van der Waals surface area contributed by atoms with Crippen LogP contribution in [-0.2, 0) is 6.42 Å². The second-order valence-electron chi connectivity index (χ2n) is 7.39. The normalized spacial score (nSPS) is 34.3. The van der Waals surface area contributed by atoms with Crippen LogP contribution in [-0.4, -0.2) is 29.1 Å². The molecule has 5 rings (SSSR count). The topological polar surface area (TPSA) is 55.0 Å². The highest BCUT2D eigenvalue weighted by Crippen LogP contribution is 2.48. The van der Waals surface area contributed by atoms with Gasteiger partial charge in [-0.25, -0.2) is 9.97 Å². The minimum atomic E-state index is 0.659. The van der Waals surface area contributed by atoms with Crippen molar-refractivity contribution in [2.45, 2.75) is 51.5 Å². The van der Waals surface area contributed by atoms with E-state index in [1.165, 1.54) is 38.6 Å². The molecule has 0 spiro atoms. The average Bonchev–Trinajstić information content (AvgIpc) is 2.62. The number of fused-ring (bicyclic) bond motifs is 1. The van der Waals surface area contributed by atoms with Crippen molar-refractivity contribution < 1.29 is 0 Å². The maximum Gasteiger partial charge on any atom is 0.132 e. The van der Waals surface area contributed by atoms with Crippen LogP contribution < -0.4 is 10.6 Å². The molecule has 4 fully saturated rings. The fourth-order valence-electron chi connectivity index (χ4n) is 5.10. The van der Waals surface area contributed by atoms with Crippen LogP contribution >= 0.6 is 0 Å². The van der Waals surface area contributed by atoms with Gasteiger partial charge in [0.05, 0.1) is 0 Å². The summed E-state index contributed by atoms with van der Waals surface area (Å²) in [5.74, 6) is 4.88. The Hall–Kier alpha value is -1.16. The zero-order valence-electron chi connectivity index (χ0n) is 13.0. The summed E-state index contributed by atoms with van der Waals surface area (Å²) in [6.45, 7) is 3.87. The summed E-state index contributed by atoms with van der Waals surface area (Å²) in [4.78, 5) is 11.9. The molecule has 2 saturated carbocycles. The molecule has 2 N–H and O–H groups in total. The highest BCUT2D eigenvalue weighted by Gasteiger charge is 2.43. The fraction of sp³-hybridized carbons (Fsp3) is 0.765. The van der Waals surface area contributed by atoms with Crippen molar-refractivity contribution in [3.05, 3.63) is 17.6 Å². The Balaban J connectivity index is 1.66. The number of rotatable bonds is 3. The Morgan fingerprint density at radius 2 is 1.81 bits per heavy atom. The summed E-state index contributed by atoms with van der Waals surface area (Å²) in [6.07, 6.45) is 7.99. The van der Waals surface area contributed by atoms with Gasteiger partial charge in [-0.1, -0.05) is 0 Å². The van der Waals surface area contributed by atoms with Crippen molar-refractivity contribution in [3.63, 3.8) is 0 Å². The van der Waals surface area contributed by atoms with E-state index in [2.05, 4.69) is 16.0 Å². The molecule has 2 aliphatic carbocycles. The van der Waals surface area contributed by atoms with Gasteiger partial charge in [-0.15, -0.1) is 0 Å². The number of hydrogen-bond donors (Lipinski definition) is 1. The fourth-order valence-corrected chi connectivity index (χ4v) is 5.10. The smallest absolute Gasteiger partial charge is 0.132 e.